The van der Waals surface area contributed by atoms with Gasteiger partial charge in [0.05, 0.1) is 18.1 Å². The van der Waals surface area contributed by atoms with Gasteiger partial charge in [-0.3, -0.25) is 0 Å². The van der Waals surface area contributed by atoms with Gasteiger partial charge in [-0.05, 0) is 81.2 Å². The molecule has 7 rings (SSSR count). The van der Waals surface area contributed by atoms with Gasteiger partial charge in [-0.2, -0.15) is 0 Å². The van der Waals surface area contributed by atoms with Crippen molar-refractivity contribution in [3.63, 3.8) is 0 Å². The van der Waals surface area contributed by atoms with Gasteiger partial charge in [0, 0.05) is 18.0 Å². The van der Waals surface area contributed by atoms with Gasteiger partial charge in [0.2, 0.25) is 5.69 Å². The van der Waals surface area contributed by atoms with Crippen LogP contribution in [0.25, 0.3) is 0 Å². The molecule has 6 aliphatic rings. The Labute approximate surface area is 174 Å². The molecule has 1 aromatic heterocycles. The number of nitrogens with zero attached hydrogens (tertiary/aromatic N) is 1. The molecule has 29 heavy (non-hydrogen) atoms. The number of ether oxygens (including phenoxy) is 2. The minimum Gasteiger partial charge on any atom is -0.484 e. The summed E-state index contributed by atoms with van der Waals surface area (Å²) in [6, 6.07) is 4.94. The first-order chi connectivity index (χ1) is 14.3. The minimum absolute atomic E-state index is 0.424. The van der Waals surface area contributed by atoms with Gasteiger partial charge >= 0.3 is 0 Å². The summed E-state index contributed by atoms with van der Waals surface area (Å²) >= 11 is 0. The molecule has 1 N–H and O–H groups in total. The maximum absolute atomic E-state index is 6.87. The monoisotopic (exact) mass is 395 g/mol. The second-order valence-corrected chi connectivity index (χ2v) is 10.8. The van der Waals surface area contributed by atoms with Gasteiger partial charge < -0.3 is 14.8 Å². The summed E-state index contributed by atoms with van der Waals surface area (Å²) in [4.78, 5) is 0. The van der Waals surface area contributed by atoms with Crippen molar-refractivity contribution in [1.29, 1.82) is 0 Å². The Balaban J connectivity index is 1.43. The van der Waals surface area contributed by atoms with Crippen LogP contribution in [-0.2, 0) is 11.8 Å². The van der Waals surface area contributed by atoms with Crippen molar-refractivity contribution in [2.75, 3.05) is 6.54 Å². The molecule has 4 heteroatoms. The van der Waals surface area contributed by atoms with Crippen LogP contribution < -0.4 is 14.6 Å². The van der Waals surface area contributed by atoms with Crippen LogP contribution in [0, 0.1) is 29.6 Å². The summed E-state index contributed by atoms with van der Waals surface area (Å²) in [5, 5.41) is 3.98. The number of nitrogens with one attached hydrogen (secondary N) is 1. The second-order valence-electron chi connectivity index (χ2n) is 10.8. The minimum atomic E-state index is 0.424. The highest BCUT2D eigenvalue weighted by atomic mass is 16.5. The molecule has 3 aliphatic heterocycles. The standard InChI is InChI=1S/C25H35N2O2/c1-27-13-5-11-19-25(27)23-21-15(7-3-9-17(21)29-19)14-6-2-8-16-20(14)22(23)24-18(28-16)10-4-12-26-24/h5,11,13-18,20-24,26H,2-4,6-10,12H2,1H3/q+1. The van der Waals surface area contributed by atoms with Crippen LogP contribution >= 0.6 is 0 Å². The van der Waals surface area contributed by atoms with E-state index in [9.17, 15) is 0 Å². The van der Waals surface area contributed by atoms with E-state index in [0.717, 1.165) is 24.3 Å². The van der Waals surface area contributed by atoms with Gasteiger partial charge in [-0.25, -0.2) is 4.57 Å². The molecule has 0 bridgehead atoms. The van der Waals surface area contributed by atoms with Crippen LogP contribution in [0.2, 0.25) is 0 Å². The first-order valence-corrected chi connectivity index (χ1v) is 12.4. The average molecular weight is 396 g/mol. The van der Waals surface area contributed by atoms with Crippen molar-refractivity contribution >= 4 is 0 Å². The lowest BCUT2D eigenvalue weighted by Crippen LogP contribution is -2.69. The van der Waals surface area contributed by atoms with E-state index in [1.165, 1.54) is 62.8 Å². The van der Waals surface area contributed by atoms with Crippen LogP contribution in [-0.4, -0.2) is 30.9 Å². The zero-order valence-electron chi connectivity index (χ0n) is 17.6. The predicted octanol–water partition coefficient (Wildman–Crippen LogP) is 3.34. The molecular weight excluding hydrogens is 360 g/mol. The van der Waals surface area contributed by atoms with E-state index in [4.69, 9.17) is 9.47 Å². The number of hydrogen-bond donors (Lipinski definition) is 1. The van der Waals surface area contributed by atoms with Crippen molar-refractivity contribution in [2.45, 2.75) is 81.6 Å². The molecule has 3 saturated carbocycles. The van der Waals surface area contributed by atoms with Crippen LogP contribution in [0.5, 0.6) is 5.75 Å². The number of rotatable bonds is 0. The number of pyridine rings is 1. The molecule has 5 fully saturated rings. The Morgan fingerprint density at radius 2 is 1.69 bits per heavy atom. The second kappa shape index (κ2) is 6.43. The molecule has 4 nitrogen and oxygen atoms in total. The summed E-state index contributed by atoms with van der Waals surface area (Å²) < 4.78 is 16.0. The number of aromatic nitrogens is 1. The van der Waals surface area contributed by atoms with Crippen LogP contribution in [0.15, 0.2) is 18.3 Å². The fourth-order valence-electron chi connectivity index (χ4n) is 8.99. The largest absolute Gasteiger partial charge is 0.484 e. The lowest BCUT2D eigenvalue weighted by molar-refractivity contribution is -0.683. The fraction of sp³-hybridized carbons (Fsp3) is 0.800. The van der Waals surface area contributed by atoms with E-state index < -0.39 is 0 Å². The van der Waals surface area contributed by atoms with E-state index in [0.29, 0.717) is 42.1 Å². The molecule has 2 saturated heterocycles. The van der Waals surface area contributed by atoms with Crippen molar-refractivity contribution in [3.05, 3.63) is 24.0 Å². The smallest absolute Gasteiger partial charge is 0.227 e. The van der Waals surface area contributed by atoms with Crippen molar-refractivity contribution in [3.8, 4) is 5.75 Å². The summed E-state index contributed by atoms with van der Waals surface area (Å²) in [5.41, 5.74) is 1.49. The van der Waals surface area contributed by atoms with Crippen LogP contribution in [0.1, 0.15) is 63.0 Å². The lowest BCUT2D eigenvalue weighted by atomic mass is 9.46. The first kappa shape index (κ1) is 17.5. The van der Waals surface area contributed by atoms with Gasteiger partial charge in [0.1, 0.15) is 13.2 Å². The average Bonchev–Trinajstić information content (AvgIpc) is 2.75. The SMILES string of the molecule is C[n+]1cccc2c1C1C3C(CCCC3C3CCCC4OC5CCCNC5C1C43)O2. The first-order valence-electron chi connectivity index (χ1n) is 12.4. The lowest BCUT2D eigenvalue weighted by Gasteiger charge is -2.64. The Morgan fingerprint density at radius 1 is 0.897 bits per heavy atom. The van der Waals surface area contributed by atoms with Gasteiger partial charge in [-0.1, -0.05) is 6.42 Å². The van der Waals surface area contributed by atoms with E-state index >= 15 is 0 Å². The van der Waals surface area contributed by atoms with Crippen molar-refractivity contribution in [2.24, 2.45) is 36.6 Å². The molecule has 3 aliphatic carbocycles. The molecule has 0 radical (unpaired) electrons. The number of hydrogen-bond acceptors (Lipinski definition) is 3. The zero-order chi connectivity index (χ0) is 19.1. The van der Waals surface area contributed by atoms with Crippen molar-refractivity contribution < 1.29 is 14.0 Å². The molecule has 0 amide bonds. The molecule has 10 unspecified atom stereocenters. The van der Waals surface area contributed by atoms with Crippen molar-refractivity contribution in [1.82, 2.24) is 5.32 Å². The normalized spacial score (nSPS) is 49.7. The van der Waals surface area contributed by atoms with E-state index in [-0.39, 0.29) is 0 Å². The third-order valence-electron chi connectivity index (χ3n) is 9.72. The highest BCUT2D eigenvalue weighted by Crippen LogP contribution is 2.64. The zero-order valence-corrected chi connectivity index (χ0v) is 17.6. The molecule has 0 spiro atoms. The highest BCUT2D eigenvalue weighted by Gasteiger charge is 2.65. The topological polar surface area (TPSA) is 34.4 Å². The van der Waals surface area contributed by atoms with E-state index in [2.05, 4.69) is 35.3 Å². The number of fused-ring (bicyclic) bond motifs is 6. The third-order valence-corrected chi connectivity index (χ3v) is 9.72. The third kappa shape index (κ3) is 2.36. The van der Waals surface area contributed by atoms with Gasteiger partial charge in [0.25, 0.3) is 0 Å². The quantitative estimate of drug-likeness (QED) is 0.684. The van der Waals surface area contributed by atoms with Crippen LogP contribution in [0.3, 0.4) is 0 Å². The molecular formula is C25H35N2O2+. The Hall–Kier alpha value is -1.13. The summed E-state index contributed by atoms with van der Waals surface area (Å²) in [5.74, 6) is 5.65. The summed E-state index contributed by atoms with van der Waals surface area (Å²) in [6.07, 6.45) is 14.2. The molecule has 0 aromatic carbocycles. The Morgan fingerprint density at radius 3 is 2.59 bits per heavy atom. The summed E-state index contributed by atoms with van der Waals surface area (Å²) in [6.45, 7) is 1.16. The Kier molecular flexibility index (Phi) is 3.89. The molecule has 4 heterocycles. The van der Waals surface area contributed by atoms with Gasteiger partial charge in [0.15, 0.2) is 11.9 Å². The fourth-order valence-corrected chi connectivity index (χ4v) is 8.99. The number of aryl methyl sites for hydroxylation is 1. The van der Waals surface area contributed by atoms with Gasteiger partial charge in [-0.15, -0.1) is 0 Å². The van der Waals surface area contributed by atoms with E-state index in [1.54, 1.807) is 0 Å². The molecule has 10 atom stereocenters. The van der Waals surface area contributed by atoms with E-state index in [1.807, 2.05) is 0 Å². The number of piperidine rings is 1. The Bertz CT molecular complexity index is 812. The molecule has 156 valence electrons. The predicted molar refractivity (Wildman–Crippen MR) is 110 cm³/mol. The highest BCUT2D eigenvalue weighted by molar-refractivity contribution is 5.34. The molecule has 1 aromatic rings. The maximum atomic E-state index is 6.87. The maximum Gasteiger partial charge on any atom is 0.227 e. The van der Waals surface area contributed by atoms with Crippen LogP contribution in [0.4, 0.5) is 0 Å². The summed E-state index contributed by atoms with van der Waals surface area (Å²) in [7, 11) is 2.25.